The fraction of sp³-hybridized carbons (Fsp3) is 0.270. The summed E-state index contributed by atoms with van der Waals surface area (Å²) in [5.41, 5.74) is 1.51. The van der Waals surface area contributed by atoms with Gasteiger partial charge in [-0.15, -0.1) is 5.10 Å². The first kappa shape index (κ1) is 38.4. The van der Waals surface area contributed by atoms with E-state index in [9.17, 15) is 44.1 Å². The number of benzene rings is 3. The second kappa shape index (κ2) is 16.1. The number of amides is 5. The highest BCUT2D eigenvalue weighted by atomic mass is 35.5. The molecule has 5 N–H and O–H groups in total. The number of aliphatic hydroxyl groups is 1. The van der Waals surface area contributed by atoms with Crippen LogP contribution in [0.25, 0.3) is 16.6 Å². The summed E-state index contributed by atoms with van der Waals surface area (Å²) in [7, 11) is 0. The number of fused-ring (bicyclic) bond motifs is 1. The van der Waals surface area contributed by atoms with Gasteiger partial charge in [0.25, 0.3) is 0 Å². The van der Waals surface area contributed by atoms with E-state index in [4.69, 9.17) is 11.6 Å². The highest BCUT2D eigenvalue weighted by Crippen LogP contribution is 2.31. The summed E-state index contributed by atoms with van der Waals surface area (Å²) >= 11 is 6.30. The first-order valence-electron chi connectivity index (χ1n) is 17.8. The van der Waals surface area contributed by atoms with Gasteiger partial charge in [0.1, 0.15) is 18.1 Å². The lowest BCUT2D eigenvalue weighted by atomic mass is 9.98. The molecule has 0 radical (unpaired) electrons. The zero-order chi connectivity index (χ0) is 40.4. The van der Waals surface area contributed by atoms with Crippen molar-refractivity contribution in [1.82, 2.24) is 34.6 Å². The van der Waals surface area contributed by atoms with E-state index < -0.39 is 41.5 Å². The van der Waals surface area contributed by atoms with Crippen LogP contribution in [0, 0.1) is 5.92 Å². The monoisotopic (exact) mass is 798 g/mol. The Balaban J connectivity index is 1.14. The number of likely N-dealkylation sites (tertiary alicyclic amines) is 1. The maximum Gasteiger partial charge on any atom is 0.416 e. The van der Waals surface area contributed by atoms with E-state index in [2.05, 4.69) is 26.2 Å². The number of urea groups is 1. The number of tetrazole rings is 1. The zero-order valence-electron chi connectivity index (χ0n) is 30.0. The Labute approximate surface area is 328 Å². The molecular formula is C37H35ClN10O9. The van der Waals surface area contributed by atoms with Crippen LogP contribution in [-0.4, -0.2) is 125 Å². The molecule has 0 aliphatic carbocycles. The summed E-state index contributed by atoms with van der Waals surface area (Å²) in [6, 6.07) is 15.2. The molecule has 0 saturated carbocycles. The van der Waals surface area contributed by atoms with E-state index in [0.29, 0.717) is 52.5 Å². The van der Waals surface area contributed by atoms with Crippen LogP contribution in [0.4, 0.5) is 26.7 Å². The van der Waals surface area contributed by atoms with E-state index in [1.54, 1.807) is 41.3 Å². The van der Waals surface area contributed by atoms with Crippen molar-refractivity contribution in [3.63, 3.8) is 0 Å². The molecule has 5 aromatic rings. The molecule has 5 amide bonds. The lowest BCUT2D eigenvalue weighted by Gasteiger charge is -2.38. The van der Waals surface area contributed by atoms with E-state index >= 15 is 0 Å². The number of carbonyl (C=O) groups excluding carboxylic acids is 4. The van der Waals surface area contributed by atoms with E-state index in [1.807, 2.05) is 0 Å². The third kappa shape index (κ3) is 7.96. The Kier molecular flexibility index (Phi) is 10.8. The lowest BCUT2D eigenvalue weighted by Crippen LogP contribution is -2.60. The van der Waals surface area contributed by atoms with Crippen LogP contribution in [0.3, 0.4) is 0 Å². The molecule has 2 aliphatic heterocycles. The number of aromatic carboxylic acids is 1. The Hall–Kier alpha value is -6.86. The van der Waals surface area contributed by atoms with Gasteiger partial charge in [-0.2, -0.15) is 4.68 Å². The fourth-order valence-corrected chi connectivity index (χ4v) is 7.22. The summed E-state index contributed by atoms with van der Waals surface area (Å²) in [6.45, 7) is 1.01. The topological polar surface area (TPSA) is 245 Å². The minimum atomic E-state index is -1.50. The van der Waals surface area contributed by atoms with Gasteiger partial charge >= 0.3 is 29.9 Å². The van der Waals surface area contributed by atoms with Crippen LogP contribution in [0.15, 0.2) is 73.1 Å². The van der Waals surface area contributed by atoms with Gasteiger partial charge in [-0.3, -0.25) is 14.4 Å². The van der Waals surface area contributed by atoms with E-state index in [0.717, 1.165) is 6.07 Å². The van der Waals surface area contributed by atoms with Crippen molar-refractivity contribution in [2.75, 3.05) is 48.3 Å². The molecule has 57 heavy (non-hydrogen) atoms. The van der Waals surface area contributed by atoms with Gasteiger partial charge < -0.3 is 40.7 Å². The van der Waals surface area contributed by atoms with Crippen molar-refractivity contribution in [1.29, 1.82) is 0 Å². The number of halogens is 1. The summed E-state index contributed by atoms with van der Waals surface area (Å²) < 4.78 is 1.93. The molecule has 2 aromatic heterocycles. The number of carboxylic acids is 1. The first-order chi connectivity index (χ1) is 27.4. The third-order valence-corrected chi connectivity index (χ3v) is 10.3. The van der Waals surface area contributed by atoms with Gasteiger partial charge in [0, 0.05) is 61.0 Å². The van der Waals surface area contributed by atoms with Crippen molar-refractivity contribution in [2.45, 2.75) is 25.3 Å². The number of anilines is 3. The zero-order valence-corrected chi connectivity index (χ0v) is 30.7. The molecule has 1 unspecified atom stereocenters. The number of rotatable bonds is 10. The van der Waals surface area contributed by atoms with Crippen molar-refractivity contribution < 1.29 is 44.1 Å². The Bertz CT molecular complexity index is 2380. The molecule has 4 heterocycles. The Morgan fingerprint density at radius 1 is 0.842 bits per heavy atom. The summed E-state index contributed by atoms with van der Waals surface area (Å²) in [5.74, 6) is -3.88. The number of aliphatic hydroxyl groups excluding tert-OH is 1. The van der Waals surface area contributed by atoms with Gasteiger partial charge in [0.15, 0.2) is 0 Å². The average Bonchev–Trinajstić information content (AvgIpc) is 3.88. The number of piperidine rings is 1. The minimum absolute atomic E-state index is 0.0308. The molecule has 2 fully saturated rings. The molecule has 294 valence electrons. The predicted octanol–water partition coefficient (Wildman–Crippen LogP) is 3.16. The highest BCUT2D eigenvalue weighted by molar-refractivity contribution is 6.41. The molecule has 3 aromatic carbocycles. The smallest absolute Gasteiger partial charge is 0.416 e. The minimum Gasteiger partial charge on any atom is -0.477 e. The SMILES string of the molecule is O=C(O)c1cc2cc(NC(=O)C(Cc3ccc(NC(=O)N4CCC(CO)CC4)cc3)N3CCN(c4cc(Cl)ccc4-n4cnnn4)C(=O)C3=O)ccc2n1C(=O)O. The van der Waals surface area contributed by atoms with E-state index in [-0.39, 0.29) is 60.3 Å². The Morgan fingerprint density at radius 2 is 1.58 bits per heavy atom. The molecule has 19 nitrogen and oxygen atoms in total. The molecule has 20 heteroatoms. The number of carbonyl (C=O) groups is 6. The van der Waals surface area contributed by atoms with Crippen molar-refractivity contribution in [2.24, 2.45) is 5.92 Å². The number of carboxylic acid groups (broad SMARTS) is 2. The largest absolute Gasteiger partial charge is 0.477 e. The van der Waals surface area contributed by atoms with Crippen LogP contribution < -0.4 is 15.5 Å². The number of aromatic nitrogens is 5. The number of hydrogen-bond donors (Lipinski definition) is 5. The summed E-state index contributed by atoms with van der Waals surface area (Å²) in [5, 5.41) is 45.9. The predicted molar refractivity (Wildman–Crippen MR) is 204 cm³/mol. The third-order valence-electron chi connectivity index (χ3n) is 10.0. The quantitative estimate of drug-likeness (QED) is 0.128. The normalized spacial score (nSPS) is 15.5. The van der Waals surface area contributed by atoms with Crippen LogP contribution in [0.1, 0.15) is 28.9 Å². The van der Waals surface area contributed by atoms with Crippen LogP contribution >= 0.6 is 11.6 Å². The van der Waals surface area contributed by atoms with Crippen molar-refractivity contribution >= 4 is 75.4 Å². The van der Waals surface area contributed by atoms with Gasteiger partial charge in [0.2, 0.25) is 5.91 Å². The maximum absolute atomic E-state index is 14.2. The van der Waals surface area contributed by atoms with Crippen LogP contribution in [0.2, 0.25) is 5.02 Å². The van der Waals surface area contributed by atoms with Crippen molar-refractivity contribution in [3.05, 3.63) is 89.3 Å². The van der Waals surface area contributed by atoms with Crippen LogP contribution in [-0.2, 0) is 20.8 Å². The maximum atomic E-state index is 14.2. The molecule has 2 aliphatic rings. The van der Waals surface area contributed by atoms with Gasteiger partial charge in [-0.25, -0.2) is 19.0 Å². The molecule has 0 bridgehead atoms. The molecule has 7 rings (SSSR count). The van der Waals surface area contributed by atoms with Gasteiger partial charge in [-0.1, -0.05) is 23.7 Å². The second-order valence-electron chi connectivity index (χ2n) is 13.5. The Morgan fingerprint density at radius 3 is 2.25 bits per heavy atom. The number of piperazine rings is 1. The molecule has 1 atom stereocenters. The average molecular weight is 799 g/mol. The standard InChI is InChI=1S/C37H35ClN10O9/c38-24-3-7-28(47-20-39-42-43-47)29(18-24)45-13-14-46(34(52)33(45)51)30(15-21-1-4-25(5-2-21)41-36(55)44-11-9-22(19-49)10-12-44)32(50)40-26-6-8-27-23(16-26)17-31(35(53)54)48(27)37(56)57/h1-8,16-18,20,22,30,49H,9-15,19H2,(H,40,50)(H,41,55)(H,53,54)(H,56,57). The lowest BCUT2D eigenvalue weighted by molar-refractivity contribution is -0.149. The van der Waals surface area contributed by atoms with Gasteiger partial charge in [-0.05, 0) is 89.3 Å². The number of nitrogens with one attached hydrogen (secondary N) is 2. The van der Waals surface area contributed by atoms with Crippen LogP contribution in [0.5, 0.6) is 0 Å². The fourth-order valence-electron chi connectivity index (χ4n) is 7.05. The number of hydrogen-bond acceptors (Lipinski definition) is 10. The first-order valence-corrected chi connectivity index (χ1v) is 18.1. The highest BCUT2D eigenvalue weighted by Gasteiger charge is 2.41. The summed E-state index contributed by atoms with van der Waals surface area (Å²) in [6.07, 6.45) is 1.17. The summed E-state index contributed by atoms with van der Waals surface area (Å²) in [4.78, 5) is 82.6. The van der Waals surface area contributed by atoms with Crippen molar-refractivity contribution in [3.8, 4) is 5.69 Å². The second-order valence-corrected chi connectivity index (χ2v) is 14.0. The molecule has 0 spiro atoms. The molecular weight excluding hydrogens is 764 g/mol. The number of nitrogens with zero attached hydrogens (tertiary/aromatic N) is 8. The van der Waals surface area contributed by atoms with E-state index in [1.165, 1.54) is 45.1 Å². The molecule has 2 saturated heterocycles. The van der Waals surface area contributed by atoms with Gasteiger partial charge in [0.05, 0.1) is 16.9 Å².